The summed E-state index contributed by atoms with van der Waals surface area (Å²) in [5.74, 6) is 0. The van der Waals surface area contributed by atoms with Crippen molar-refractivity contribution in [2.75, 3.05) is 7.05 Å². The van der Waals surface area contributed by atoms with Gasteiger partial charge in [0.1, 0.15) is 4.90 Å². The summed E-state index contributed by atoms with van der Waals surface area (Å²) in [6.45, 7) is 2.37. The van der Waals surface area contributed by atoms with E-state index in [1.165, 1.54) is 15.6 Å². The fraction of sp³-hybridized carbons (Fsp3) is 0.286. The van der Waals surface area contributed by atoms with Gasteiger partial charge in [-0.15, -0.1) is 11.3 Å². The molecule has 1 heterocycles. The summed E-state index contributed by atoms with van der Waals surface area (Å²) in [5, 5.41) is 1.84. The molecule has 0 unspecified atom stereocenters. The van der Waals surface area contributed by atoms with Gasteiger partial charge in [0.25, 0.3) is 0 Å². The zero-order valence-corrected chi connectivity index (χ0v) is 15.1. The van der Waals surface area contributed by atoms with Gasteiger partial charge in [0.15, 0.2) is 0 Å². The Morgan fingerprint density at radius 2 is 1.90 bits per heavy atom. The Morgan fingerprint density at radius 3 is 2.48 bits per heavy atom. The Morgan fingerprint density at radius 1 is 1.29 bits per heavy atom. The van der Waals surface area contributed by atoms with Crippen LogP contribution in [0.25, 0.3) is 0 Å². The van der Waals surface area contributed by atoms with Gasteiger partial charge in [-0.05, 0) is 35.6 Å². The third-order valence-electron chi connectivity index (χ3n) is 3.16. The highest BCUT2D eigenvalue weighted by atomic mass is 79.9. The first-order valence-electron chi connectivity index (χ1n) is 6.34. The van der Waals surface area contributed by atoms with Crippen molar-refractivity contribution in [1.29, 1.82) is 0 Å². The average molecular weight is 389 g/mol. The van der Waals surface area contributed by atoms with Crippen LogP contribution in [0.15, 0.2) is 39.0 Å². The molecule has 2 N–H and O–H groups in total. The van der Waals surface area contributed by atoms with E-state index in [0.29, 0.717) is 16.3 Å². The molecular formula is C14H17BrN2O2S2. The number of benzene rings is 1. The van der Waals surface area contributed by atoms with Gasteiger partial charge in [-0.3, -0.25) is 0 Å². The molecule has 1 aromatic carbocycles. The summed E-state index contributed by atoms with van der Waals surface area (Å²) >= 11 is 4.76. The molecule has 4 nitrogen and oxygen atoms in total. The van der Waals surface area contributed by atoms with Crippen LogP contribution in [0.5, 0.6) is 0 Å². The van der Waals surface area contributed by atoms with E-state index in [9.17, 15) is 8.42 Å². The number of nitrogens with two attached hydrogens (primary N) is 1. The monoisotopic (exact) mass is 388 g/mol. The summed E-state index contributed by atoms with van der Waals surface area (Å²) in [4.78, 5) is 1.06. The van der Waals surface area contributed by atoms with Gasteiger partial charge in [0.2, 0.25) is 10.0 Å². The van der Waals surface area contributed by atoms with Crippen LogP contribution in [-0.4, -0.2) is 19.8 Å². The molecule has 0 saturated carbocycles. The maximum Gasteiger partial charge on any atom is 0.244 e. The van der Waals surface area contributed by atoms with E-state index < -0.39 is 10.0 Å². The summed E-state index contributed by atoms with van der Waals surface area (Å²) in [7, 11) is -1.93. The molecule has 0 fully saturated rings. The van der Waals surface area contributed by atoms with Crippen LogP contribution in [0.2, 0.25) is 0 Å². The van der Waals surface area contributed by atoms with Crippen molar-refractivity contribution in [1.82, 2.24) is 4.31 Å². The highest BCUT2D eigenvalue weighted by Gasteiger charge is 2.26. The molecule has 21 heavy (non-hydrogen) atoms. The van der Waals surface area contributed by atoms with Crippen LogP contribution in [0, 0.1) is 6.92 Å². The van der Waals surface area contributed by atoms with Crippen LogP contribution < -0.4 is 5.73 Å². The van der Waals surface area contributed by atoms with Crippen LogP contribution in [-0.2, 0) is 23.1 Å². The largest absolute Gasteiger partial charge is 0.326 e. The fourth-order valence-electron chi connectivity index (χ4n) is 2.06. The van der Waals surface area contributed by atoms with Gasteiger partial charge in [0.05, 0.1) is 0 Å². The van der Waals surface area contributed by atoms with E-state index >= 15 is 0 Å². The number of rotatable bonds is 5. The van der Waals surface area contributed by atoms with Crippen molar-refractivity contribution in [2.45, 2.75) is 24.9 Å². The molecule has 0 atom stereocenters. The van der Waals surface area contributed by atoms with Crippen molar-refractivity contribution < 1.29 is 8.42 Å². The number of sulfonamides is 1. The second-order valence-corrected chi connectivity index (χ2v) is 8.62. The van der Waals surface area contributed by atoms with Crippen molar-refractivity contribution in [2.24, 2.45) is 5.73 Å². The molecular weight excluding hydrogens is 372 g/mol. The summed E-state index contributed by atoms with van der Waals surface area (Å²) < 4.78 is 27.8. The van der Waals surface area contributed by atoms with E-state index in [4.69, 9.17) is 5.73 Å². The van der Waals surface area contributed by atoms with Crippen molar-refractivity contribution in [3.8, 4) is 0 Å². The van der Waals surface area contributed by atoms with Crippen molar-refractivity contribution in [3.63, 3.8) is 0 Å². The number of thiophene rings is 1. The fourth-order valence-corrected chi connectivity index (χ4v) is 5.13. The molecule has 2 rings (SSSR count). The molecule has 0 amide bonds. The molecule has 7 heteroatoms. The van der Waals surface area contributed by atoms with Crippen molar-refractivity contribution in [3.05, 3.63) is 50.1 Å². The molecule has 0 aliphatic rings. The number of nitrogens with zero attached hydrogens (tertiary/aromatic N) is 1. The zero-order valence-electron chi connectivity index (χ0n) is 11.8. The summed E-state index contributed by atoms with van der Waals surface area (Å²) in [6, 6.07) is 7.61. The first-order valence-corrected chi connectivity index (χ1v) is 9.45. The Labute approximate surface area is 137 Å². The van der Waals surface area contributed by atoms with Crippen LogP contribution in [0.4, 0.5) is 0 Å². The zero-order chi connectivity index (χ0) is 15.6. The average Bonchev–Trinajstić information content (AvgIpc) is 2.83. The lowest BCUT2D eigenvalue weighted by molar-refractivity contribution is 0.466. The van der Waals surface area contributed by atoms with Gasteiger partial charge in [-0.1, -0.05) is 28.1 Å². The highest BCUT2D eigenvalue weighted by molar-refractivity contribution is 9.10. The van der Waals surface area contributed by atoms with Crippen LogP contribution in [0.3, 0.4) is 0 Å². The minimum absolute atomic E-state index is 0.235. The summed E-state index contributed by atoms with van der Waals surface area (Å²) in [5.41, 5.74) is 7.34. The first kappa shape index (κ1) is 16.6. The standard InChI is InChI=1S/C14H17BrN2O2S2/c1-10-9-20-13(7-16)14(10)21(18,19)17(2)8-11-3-5-12(15)6-4-11/h3-6,9H,7-8,16H2,1-2H3. The molecule has 114 valence electrons. The van der Waals surface area contributed by atoms with E-state index in [0.717, 1.165) is 15.6 Å². The third-order valence-corrected chi connectivity index (χ3v) is 6.98. The van der Waals surface area contributed by atoms with Crippen LogP contribution in [0.1, 0.15) is 16.0 Å². The predicted octanol–water partition coefficient (Wildman–Crippen LogP) is 3.10. The minimum Gasteiger partial charge on any atom is -0.326 e. The number of hydrogen-bond donors (Lipinski definition) is 1. The quantitative estimate of drug-likeness (QED) is 0.855. The Bertz CT molecular complexity index is 724. The first-order chi connectivity index (χ1) is 9.86. The topological polar surface area (TPSA) is 63.4 Å². The van der Waals surface area contributed by atoms with Gasteiger partial charge in [0, 0.05) is 29.5 Å². The lowest BCUT2D eigenvalue weighted by Crippen LogP contribution is -2.27. The maximum absolute atomic E-state index is 12.7. The Kier molecular flexibility index (Phi) is 5.21. The second-order valence-electron chi connectivity index (χ2n) is 4.76. The molecule has 0 radical (unpaired) electrons. The van der Waals surface area contributed by atoms with E-state index in [1.54, 1.807) is 14.0 Å². The van der Waals surface area contributed by atoms with Gasteiger partial charge >= 0.3 is 0 Å². The SMILES string of the molecule is Cc1csc(CN)c1S(=O)(=O)N(C)Cc1ccc(Br)cc1. The highest BCUT2D eigenvalue weighted by Crippen LogP contribution is 2.29. The lowest BCUT2D eigenvalue weighted by Gasteiger charge is -2.18. The number of aryl methyl sites for hydroxylation is 1. The molecule has 0 bridgehead atoms. The molecule has 0 aliphatic carbocycles. The molecule has 2 aromatic rings. The predicted molar refractivity (Wildman–Crippen MR) is 89.7 cm³/mol. The minimum atomic E-state index is -3.53. The normalized spacial score (nSPS) is 12.0. The maximum atomic E-state index is 12.7. The van der Waals surface area contributed by atoms with Crippen molar-refractivity contribution >= 4 is 37.3 Å². The second kappa shape index (κ2) is 6.58. The van der Waals surface area contributed by atoms with Crippen LogP contribution >= 0.6 is 27.3 Å². The van der Waals surface area contributed by atoms with Gasteiger partial charge in [-0.2, -0.15) is 4.31 Å². The molecule has 1 aromatic heterocycles. The lowest BCUT2D eigenvalue weighted by atomic mass is 10.2. The van der Waals surface area contributed by atoms with E-state index in [-0.39, 0.29) is 6.54 Å². The van der Waals surface area contributed by atoms with Gasteiger partial charge < -0.3 is 5.73 Å². The van der Waals surface area contributed by atoms with E-state index in [2.05, 4.69) is 15.9 Å². The third kappa shape index (κ3) is 3.54. The Hall–Kier alpha value is -0.730. The number of hydrogen-bond acceptors (Lipinski definition) is 4. The smallest absolute Gasteiger partial charge is 0.244 e. The van der Waals surface area contributed by atoms with Gasteiger partial charge in [-0.25, -0.2) is 8.42 Å². The summed E-state index contributed by atoms with van der Waals surface area (Å²) in [6.07, 6.45) is 0. The molecule has 0 spiro atoms. The Balaban J connectivity index is 2.30. The molecule has 0 saturated heterocycles. The van der Waals surface area contributed by atoms with E-state index in [1.807, 2.05) is 29.6 Å². The number of halogens is 1. The molecule has 0 aliphatic heterocycles.